The molecule has 1 amide bonds. The molecule has 152 valence electrons. The van der Waals surface area contributed by atoms with E-state index in [0.29, 0.717) is 23.2 Å². The number of amides is 1. The van der Waals surface area contributed by atoms with Crippen LogP contribution in [0, 0.1) is 11.7 Å². The lowest BCUT2D eigenvalue weighted by atomic mass is 9.92. The summed E-state index contributed by atoms with van der Waals surface area (Å²) in [5.41, 5.74) is -0.446. The molecule has 1 aromatic rings. The molecule has 2 rings (SSSR count). The van der Waals surface area contributed by atoms with Crippen molar-refractivity contribution in [1.29, 1.82) is 0 Å². The predicted molar refractivity (Wildman–Crippen MR) is 108 cm³/mol. The molecule has 1 aromatic carbocycles. The van der Waals surface area contributed by atoms with Gasteiger partial charge in [0.2, 0.25) is 0 Å². The lowest BCUT2D eigenvalue weighted by Crippen LogP contribution is -2.41. The Balaban J connectivity index is 1.65. The summed E-state index contributed by atoms with van der Waals surface area (Å²) in [5.74, 6) is 1.83. The van der Waals surface area contributed by atoms with Crippen LogP contribution in [0.25, 0.3) is 0 Å². The van der Waals surface area contributed by atoms with Crippen molar-refractivity contribution in [3.8, 4) is 5.75 Å². The van der Waals surface area contributed by atoms with E-state index in [0.717, 1.165) is 44.5 Å². The topological polar surface area (TPSA) is 38.8 Å². The lowest BCUT2D eigenvalue weighted by Gasteiger charge is -2.33. The van der Waals surface area contributed by atoms with Crippen molar-refractivity contribution in [1.82, 2.24) is 4.90 Å². The van der Waals surface area contributed by atoms with E-state index in [9.17, 15) is 9.18 Å². The van der Waals surface area contributed by atoms with Crippen LogP contribution < -0.4 is 4.74 Å². The Labute approximate surface area is 166 Å². The first kappa shape index (κ1) is 21.9. The molecule has 4 nitrogen and oxygen atoms in total. The zero-order chi connectivity index (χ0) is 19.9. The van der Waals surface area contributed by atoms with E-state index in [2.05, 4.69) is 0 Å². The second-order valence-corrected chi connectivity index (χ2v) is 9.23. The molecule has 0 aliphatic carbocycles. The Morgan fingerprint density at radius 3 is 2.59 bits per heavy atom. The summed E-state index contributed by atoms with van der Waals surface area (Å²) >= 11 is 1.50. The standard InChI is InChI=1S/C21H32FNO3S/c1-5-27-19-9-8-17(15-18(19)22)25-14-6-7-16-10-12-23(13-11-16)20(24)26-21(2,3)4/h8-9,15-16H,5-7,10-14H2,1-4H3. The van der Waals surface area contributed by atoms with Crippen LogP contribution in [0.4, 0.5) is 9.18 Å². The van der Waals surface area contributed by atoms with Gasteiger partial charge in [0.25, 0.3) is 0 Å². The van der Waals surface area contributed by atoms with Crippen LogP contribution >= 0.6 is 11.8 Å². The van der Waals surface area contributed by atoms with Crippen molar-refractivity contribution < 1.29 is 18.7 Å². The van der Waals surface area contributed by atoms with E-state index >= 15 is 0 Å². The van der Waals surface area contributed by atoms with Crippen LogP contribution in [0.1, 0.15) is 53.4 Å². The van der Waals surface area contributed by atoms with Crippen molar-refractivity contribution >= 4 is 17.9 Å². The Kier molecular flexibility index (Phi) is 8.27. The molecule has 1 aliphatic rings. The van der Waals surface area contributed by atoms with Gasteiger partial charge in [-0.2, -0.15) is 0 Å². The quantitative estimate of drug-likeness (QED) is 0.434. The Bertz CT molecular complexity index is 610. The molecule has 27 heavy (non-hydrogen) atoms. The van der Waals surface area contributed by atoms with Gasteiger partial charge in [0.15, 0.2) is 0 Å². The molecule has 0 unspecified atom stereocenters. The fourth-order valence-electron chi connectivity index (χ4n) is 3.14. The first-order chi connectivity index (χ1) is 12.8. The number of carbonyl (C=O) groups is 1. The van der Waals surface area contributed by atoms with Crippen molar-refractivity contribution in [2.75, 3.05) is 25.4 Å². The van der Waals surface area contributed by atoms with Gasteiger partial charge in [-0.3, -0.25) is 0 Å². The molecule has 1 saturated heterocycles. The van der Waals surface area contributed by atoms with Crippen LogP contribution in [0.15, 0.2) is 23.1 Å². The van der Waals surface area contributed by atoms with E-state index in [1.165, 1.54) is 17.8 Å². The first-order valence-corrected chi connectivity index (χ1v) is 10.8. The summed E-state index contributed by atoms with van der Waals surface area (Å²) < 4.78 is 25.0. The van der Waals surface area contributed by atoms with E-state index < -0.39 is 5.60 Å². The third-order valence-electron chi connectivity index (χ3n) is 4.49. The molecule has 1 fully saturated rings. The number of rotatable bonds is 7. The summed E-state index contributed by atoms with van der Waals surface area (Å²) in [4.78, 5) is 14.6. The maximum Gasteiger partial charge on any atom is 0.410 e. The number of hydrogen-bond donors (Lipinski definition) is 0. The molecular formula is C21H32FNO3S. The summed E-state index contributed by atoms with van der Waals surface area (Å²) in [5, 5.41) is 0. The Morgan fingerprint density at radius 2 is 2.00 bits per heavy atom. The third-order valence-corrected chi connectivity index (χ3v) is 5.43. The van der Waals surface area contributed by atoms with E-state index in [1.54, 1.807) is 11.0 Å². The second-order valence-electron chi connectivity index (χ2n) is 7.93. The van der Waals surface area contributed by atoms with Crippen LogP contribution in [0.5, 0.6) is 5.75 Å². The molecule has 0 atom stereocenters. The zero-order valence-corrected chi connectivity index (χ0v) is 17.7. The van der Waals surface area contributed by atoms with Gasteiger partial charge in [0, 0.05) is 24.1 Å². The van der Waals surface area contributed by atoms with Crippen molar-refractivity contribution in [3.05, 3.63) is 24.0 Å². The first-order valence-electron chi connectivity index (χ1n) is 9.81. The van der Waals surface area contributed by atoms with Gasteiger partial charge in [-0.15, -0.1) is 11.8 Å². The Morgan fingerprint density at radius 1 is 1.30 bits per heavy atom. The smallest absolute Gasteiger partial charge is 0.410 e. The zero-order valence-electron chi connectivity index (χ0n) is 16.9. The molecule has 0 saturated carbocycles. The van der Waals surface area contributed by atoms with Gasteiger partial charge in [-0.05, 0) is 70.3 Å². The highest BCUT2D eigenvalue weighted by Gasteiger charge is 2.26. The van der Waals surface area contributed by atoms with Crippen LogP contribution in [-0.4, -0.2) is 42.0 Å². The maximum absolute atomic E-state index is 13.9. The number of thioether (sulfide) groups is 1. The summed E-state index contributed by atoms with van der Waals surface area (Å²) in [6.07, 6.45) is 3.78. The molecule has 0 bridgehead atoms. The number of piperidine rings is 1. The van der Waals surface area contributed by atoms with Gasteiger partial charge in [-0.25, -0.2) is 9.18 Å². The molecule has 0 spiro atoms. The summed E-state index contributed by atoms with van der Waals surface area (Å²) in [7, 11) is 0. The van der Waals surface area contributed by atoms with E-state index in [4.69, 9.17) is 9.47 Å². The number of carbonyl (C=O) groups excluding carboxylic acids is 1. The van der Waals surface area contributed by atoms with Crippen LogP contribution in [-0.2, 0) is 4.74 Å². The minimum atomic E-state index is -0.446. The largest absolute Gasteiger partial charge is 0.493 e. The normalized spacial score (nSPS) is 15.7. The highest BCUT2D eigenvalue weighted by atomic mass is 32.2. The lowest BCUT2D eigenvalue weighted by molar-refractivity contribution is 0.0179. The van der Waals surface area contributed by atoms with Crippen LogP contribution in [0.3, 0.4) is 0 Å². The average molecular weight is 398 g/mol. The fourth-order valence-corrected chi connectivity index (χ4v) is 3.81. The van der Waals surface area contributed by atoms with E-state index in [-0.39, 0.29) is 11.9 Å². The molecule has 0 aromatic heterocycles. The predicted octanol–water partition coefficient (Wildman–Crippen LogP) is 5.74. The number of likely N-dealkylation sites (tertiary alicyclic amines) is 1. The average Bonchev–Trinajstić information content (AvgIpc) is 2.60. The number of benzene rings is 1. The number of nitrogens with zero attached hydrogens (tertiary/aromatic N) is 1. The number of ether oxygens (including phenoxy) is 2. The van der Waals surface area contributed by atoms with Gasteiger partial charge < -0.3 is 14.4 Å². The highest BCUT2D eigenvalue weighted by Crippen LogP contribution is 2.26. The molecule has 1 aliphatic heterocycles. The second kappa shape index (κ2) is 10.2. The van der Waals surface area contributed by atoms with Gasteiger partial charge in [0.1, 0.15) is 17.2 Å². The molecule has 1 heterocycles. The number of halogens is 1. The fraction of sp³-hybridized carbons (Fsp3) is 0.667. The molecule has 0 N–H and O–H groups in total. The van der Waals surface area contributed by atoms with Crippen LogP contribution in [0.2, 0.25) is 0 Å². The molecular weight excluding hydrogens is 365 g/mol. The van der Waals surface area contributed by atoms with Crippen molar-refractivity contribution in [3.63, 3.8) is 0 Å². The van der Waals surface area contributed by atoms with Gasteiger partial charge in [-0.1, -0.05) is 6.92 Å². The monoisotopic (exact) mass is 397 g/mol. The minimum Gasteiger partial charge on any atom is -0.493 e. The SMILES string of the molecule is CCSc1ccc(OCCCC2CCN(C(=O)OC(C)(C)C)CC2)cc1F. The third kappa shape index (κ3) is 7.60. The highest BCUT2D eigenvalue weighted by molar-refractivity contribution is 7.99. The minimum absolute atomic E-state index is 0.212. The number of hydrogen-bond acceptors (Lipinski definition) is 4. The Hall–Kier alpha value is -1.43. The summed E-state index contributed by atoms with van der Waals surface area (Å²) in [6.45, 7) is 9.77. The molecule has 0 radical (unpaired) electrons. The van der Waals surface area contributed by atoms with Gasteiger partial charge >= 0.3 is 6.09 Å². The molecule has 6 heteroatoms. The van der Waals surface area contributed by atoms with E-state index in [1.807, 2.05) is 33.8 Å². The summed E-state index contributed by atoms with van der Waals surface area (Å²) in [6, 6.07) is 5.09. The van der Waals surface area contributed by atoms with Crippen molar-refractivity contribution in [2.45, 2.75) is 63.9 Å². The van der Waals surface area contributed by atoms with Crippen molar-refractivity contribution in [2.24, 2.45) is 5.92 Å². The maximum atomic E-state index is 13.9. The van der Waals surface area contributed by atoms with Gasteiger partial charge in [0.05, 0.1) is 6.61 Å².